The van der Waals surface area contributed by atoms with Crippen molar-refractivity contribution in [3.63, 3.8) is 0 Å². The second-order valence-corrected chi connectivity index (χ2v) is 6.74. The molecule has 1 amide bonds. The average Bonchev–Trinajstić information content (AvgIpc) is 3.12. The van der Waals surface area contributed by atoms with Crippen LogP contribution < -0.4 is 5.32 Å². The quantitative estimate of drug-likeness (QED) is 0.620. The Morgan fingerprint density at radius 1 is 1.23 bits per heavy atom. The highest BCUT2D eigenvalue weighted by Gasteiger charge is 2.34. The van der Waals surface area contributed by atoms with Crippen molar-refractivity contribution in [3.8, 4) is 0 Å². The van der Waals surface area contributed by atoms with E-state index in [1.165, 1.54) is 18.2 Å². The van der Waals surface area contributed by atoms with Gasteiger partial charge < -0.3 is 10.4 Å². The standard InChI is InChI=1S/C19H14ClF3N4O3/c1-10-7-11(9-27-24-8-15(26-27)19(21,22)23)5-6-14(10)25-17(28)12-3-2-4-13(20)16(12)18(29)30/h2-8H,9H2,1H3,(H,25,28)(H,29,30). The molecular weight excluding hydrogens is 425 g/mol. The lowest BCUT2D eigenvalue weighted by Gasteiger charge is -2.12. The minimum atomic E-state index is -4.57. The van der Waals surface area contributed by atoms with Crippen LogP contribution >= 0.6 is 11.6 Å². The Balaban J connectivity index is 1.78. The minimum Gasteiger partial charge on any atom is -0.478 e. The number of aromatic carboxylic acids is 1. The summed E-state index contributed by atoms with van der Waals surface area (Å²) in [5.74, 6) is -1.99. The largest absolute Gasteiger partial charge is 0.478 e. The zero-order valence-electron chi connectivity index (χ0n) is 15.4. The number of anilines is 1. The monoisotopic (exact) mass is 438 g/mol. The summed E-state index contributed by atoms with van der Waals surface area (Å²) < 4.78 is 37.9. The molecule has 3 aromatic rings. The number of aryl methyl sites for hydroxylation is 1. The van der Waals surface area contributed by atoms with Crippen LogP contribution in [0.2, 0.25) is 5.02 Å². The molecule has 0 spiro atoms. The first-order valence-electron chi connectivity index (χ1n) is 8.46. The van der Waals surface area contributed by atoms with Gasteiger partial charge in [-0.05, 0) is 36.2 Å². The number of aromatic nitrogens is 3. The van der Waals surface area contributed by atoms with E-state index in [4.69, 9.17) is 11.6 Å². The zero-order chi connectivity index (χ0) is 22.1. The summed E-state index contributed by atoms with van der Waals surface area (Å²) in [6.45, 7) is 1.69. The van der Waals surface area contributed by atoms with Gasteiger partial charge in [0, 0.05) is 5.69 Å². The molecule has 156 valence electrons. The van der Waals surface area contributed by atoms with Gasteiger partial charge in [0.25, 0.3) is 5.91 Å². The summed E-state index contributed by atoms with van der Waals surface area (Å²) in [5, 5.41) is 18.8. The molecule has 0 aliphatic carbocycles. The van der Waals surface area contributed by atoms with Crippen LogP contribution in [0.5, 0.6) is 0 Å². The summed E-state index contributed by atoms with van der Waals surface area (Å²) >= 11 is 5.88. The highest BCUT2D eigenvalue weighted by atomic mass is 35.5. The van der Waals surface area contributed by atoms with Crippen molar-refractivity contribution in [2.45, 2.75) is 19.6 Å². The predicted molar refractivity (Wildman–Crippen MR) is 102 cm³/mol. The van der Waals surface area contributed by atoms with Crippen molar-refractivity contribution >= 4 is 29.2 Å². The molecule has 3 rings (SSSR count). The first-order valence-corrected chi connectivity index (χ1v) is 8.84. The van der Waals surface area contributed by atoms with Crippen LogP contribution in [-0.4, -0.2) is 32.0 Å². The molecule has 30 heavy (non-hydrogen) atoms. The van der Waals surface area contributed by atoms with Crippen molar-refractivity contribution in [1.82, 2.24) is 15.0 Å². The van der Waals surface area contributed by atoms with Crippen molar-refractivity contribution in [2.75, 3.05) is 5.32 Å². The molecule has 1 heterocycles. The van der Waals surface area contributed by atoms with Gasteiger partial charge in [-0.2, -0.15) is 23.1 Å². The van der Waals surface area contributed by atoms with Crippen molar-refractivity contribution < 1.29 is 27.9 Å². The van der Waals surface area contributed by atoms with Crippen LogP contribution in [0, 0.1) is 6.92 Å². The van der Waals surface area contributed by atoms with E-state index in [0.717, 1.165) is 4.80 Å². The van der Waals surface area contributed by atoms with E-state index in [1.807, 2.05) is 0 Å². The van der Waals surface area contributed by atoms with Gasteiger partial charge in [-0.3, -0.25) is 4.79 Å². The fraction of sp³-hybridized carbons (Fsp3) is 0.158. The first-order chi connectivity index (χ1) is 14.1. The minimum absolute atomic E-state index is 0.00258. The Hall–Kier alpha value is -3.40. The van der Waals surface area contributed by atoms with Crippen LogP contribution in [0.25, 0.3) is 0 Å². The van der Waals surface area contributed by atoms with Crippen LogP contribution in [0.1, 0.15) is 37.5 Å². The smallest absolute Gasteiger partial charge is 0.436 e. The second-order valence-electron chi connectivity index (χ2n) is 6.33. The molecule has 0 fully saturated rings. The van der Waals surface area contributed by atoms with Crippen LogP contribution in [-0.2, 0) is 12.7 Å². The molecule has 0 atom stereocenters. The van der Waals surface area contributed by atoms with E-state index in [1.54, 1.807) is 25.1 Å². The molecule has 0 aliphatic rings. The highest BCUT2D eigenvalue weighted by Crippen LogP contribution is 2.27. The number of halogens is 4. The molecule has 0 aliphatic heterocycles. The van der Waals surface area contributed by atoms with Gasteiger partial charge in [-0.15, -0.1) is 5.10 Å². The maximum atomic E-state index is 12.6. The second kappa shape index (κ2) is 8.15. The molecule has 2 N–H and O–H groups in total. The Kier molecular flexibility index (Phi) is 5.79. The van der Waals surface area contributed by atoms with E-state index in [2.05, 4.69) is 15.5 Å². The molecule has 2 aromatic carbocycles. The summed E-state index contributed by atoms with van der Waals surface area (Å²) in [6.07, 6.45) is -3.93. The number of amides is 1. The Labute approximate surface area is 173 Å². The summed E-state index contributed by atoms with van der Waals surface area (Å²) in [4.78, 5) is 24.9. The number of rotatable bonds is 5. The number of alkyl halides is 3. The Morgan fingerprint density at radius 2 is 1.97 bits per heavy atom. The number of carbonyl (C=O) groups is 2. The lowest BCUT2D eigenvalue weighted by atomic mass is 10.1. The highest BCUT2D eigenvalue weighted by molar-refractivity contribution is 6.34. The Bertz CT molecular complexity index is 1130. The van der Waals surface area contributed by atoms with Gasteiger partial charge in [0.15, 0.2) is 5.69 Å². The SMILES string of the molecule is Cc1cc(Cn2ncc(C(F)(F)F)n2)ccc1NC(=O)c1cccc(Cl)c1C(=O)O. The van der Waals surface area contributed by atoms with Gasteiger partial charge in [0.2, 0.25) is 0 Å². The number of benzene rings is 2. The number of carboxylic acids is 1. The third-order valence-electron chi connectivity index (χ3n) is 4.16. The van der Waals surface area contributed by atoms with Crippen LogP contribution in [0.4, 0.5) is 18.9 Å². The molecule has 7 nitrogen and oxygen atoms in total. The maximum Gasteiger partial charge on any atom is 0.436 e. The first kappa shape index (κ1) is 21.3. The average molecular weight is 439 g/mol. The fourth-order valence-corrected chi connectivity index (χ4v) is 3.01. The molecular formula is C19H14ClF3N4O3. The number of carbonyl (C=O) groups excluding carboxylic acids is 1. The lowest BCUT2D eigenvalue weighted by Crippen LogP contribution is -2.17. The lowest BCUT2D eigenvalue weighted by molar-refractivity contribution is -0.141. The van der Waals surface area contributed by atoms with Gasteiger partial charge >= 0.3 is 12.1 Å². The summed E-state index contributed by atoms with van der Waals surface area (Å²) in [7, 11) is 0. The number of nitrogens with one attached hydrogen (secondary N) is 1. The van der Waals surface area contributed by atoms with E-state index < -0.39 is 23.7 Å². The number of hydrogen-bond donors (Lipinski definition) is 2. The summed E-state index contributed by atoms with van der Waals surface area (Å²) in [6, 6.07) is 8.98. The normalized spacial score (nSPS) is 11.4. The molecule has 0 unspecified atom stereocenters. The third kappa shape index (κ3) is 4.60. The Morgan fingerprint density at radius 3 is 2.57 bits per heavy atom. The summed E-state index contributed by atoms with van der Waals surface area (Å²) in [5.41, 5.74) is 0.144. The van der Waals surface area contributed by atoms with E-state index >= 15 is 0 Å². The van der Waals surface area contributed by atoms with Gasteiger partial charge in [-0.1, -0.05) is 29.8 Å². The van der Waals surface area contributed by atoms with E-state index in [9.17, 15) is 27.9 Å². The molecule has 0 saturated heterocycles. The van der Waals surface area contributed by atoms with Gasteiger partial charge in [0.1, 0.15) is 0 Å². The van der Waals surface area contributed by atoms with Crippen LogP contribution in [0.3, 0.4) is 0 Å². The van der Waals surface area contributed by atoms with Gasteiger partial charge in [0.05, 0.1) is 28.9 Å². The van der Waals surface area contributed by atoms with Gasteiger partial charge in [-0.25, -0.2) is 4.79 Å². The zero-order valence-corrected chi connectivity index (χ0v) is 16.1. The molecule has 0 saturated carbocycles. The fourth-order valence-electron chi connectivity index (χ4n) is 2.75. The molecule has 0 radical (unpaired) electrons. The van der Waals surface area contributed by atoms with E-state index in [-0.39, 0.29) is 22.7 Å². The topological polar surface area (TPSA) is 97.1 Å². The maximum absolute atomic E-state index is 12.6. The van der Waals surface area contributed by atoms with Crippen molar-refractivity contribution in [2.24, 2.45) is 0 Å². The van der Waals surface area contributed by atoms with Crippen molar-refractivity contribution in [1.29, 1.82) is 0 Å². The van der Waals surface area contributed by atoms with Crippen LogP contribution in [0.15, 0.2) is 42.6 Å². The number of carboxylic acid groups (broad SMARTS) is 1. The molecule has 11 heteroatoms. The number of hydrogen-bond acceptors (Lipinski definition) is 4. The molecule has 0 bridgehead atoms. The molecule has 1 aromatic heterocycles. The predicted octanol–water partition coefficient (Wildman–Crippen LogP) is 4.26. The van der Waals surface area contributed by atoms with Crippen molar-refractivity contribution in [3.05, 3.63) is 75.6 Å². The number of nitrogens with zero attached hydrogens (tertiary/aromatic N) is 3. The third-order valence-corrected chi connectivity index (χ3v) is 4.48. The van der Waals surface area contributed by atoms with E-state index in [0.29, 0.717) is 23.0 Å².